The highest BCUT2D eigenvalue weighted by Crippen LogP contribution is 2.19. The predicted molar refractivity (Wildman–Crippen MR) is 115 cm³/mol. The van der Waals surface area contributed by atoms with Crippen molar-refractivity contribution in [3.63, 3.8) is 0 Å². The molecule has 2 aromatic rings. The van der Waals surface area contributed by atoms with Crippen LogP contribution < -0.4 is 10.1 Å². The second-order valence-corrected chi connectivity index (χ2v) is 7.70. The normalized spacial score (nSPS) is 11.6. The third-order valence-electron chi connectivity index (χ3n) is 4.33. The topological polar surface area (TPSA) is 58.6 Å². The molecule has 0 saturated heterocycles. The van der Waals surface area contributed by atoms with Crippen LogP contribution in [0.15, 0.2) is 48.5 Å². The molecule has 0 radical (unpaired) electrons. The van der Waals surface area contributed by atoms with Gasteiger partial charge in [-0.15, -0.1) is 11.8 Å². The Hall–Kier alpha value is -2.18. The van der Waals surface area contributed by atoms with Gasteiger partial charge in [0.05, 0.1) is 12.9 Å². The zero-order valence-electron chi connectivity index (χ0n) is 16.3. The van der Waals surface area contributed by atoms with Crippen LogP contribution in [0.2, 0.25) is 5.02 Å². The van der Waals surface area contributed by atoms with Crippen molar-refractivity contribution in [2.45, 2.75) is 25.3 Å². The van der Waals surface area contributed by atoms with Crippen molar-refractivity contribution in [1.82, 2.24) is 10.2 Å². The van der Waals surface area contributed by atoms with Gasteiger partial charge in [0.2, 0.25) is 11.8 Å². The summed E-state index contributed by atoms with van der Waals surface area (Å²) in [6.07, 6.45) is 0. The Morgan fingerprint density at radius 3 is 2.29 bits per heavy atom. The average molecular weight is 421 g/mol. The first-order chi connectivity index (χ1) is 13.4. The monoisotopic (exact) mass is 420 g/mol. The van der Waals surface area contributed by atoms with Crippen LogP contribution in [0, 0.1) is 0 Å². The molecule has 0 unspecified atom stereocenters. The Labute approximate surface area is 175 Å². The van der Waals surface area contributed by atoms with Crippen molar-refractivity contribution in [1.29, 1.82) is 0 Å². The molecule has 0 bridgehead atoms. The second-order valence-electron chi connectivity index (χ2n) is 6.28. The van der Waals surface area contributed by atoms with Crippen LogP contribution >= 0.6 is 23.4 Å². The fourth-order valence-electron chi connectivity index (χ4n) is 2.64. The van der Waals surface area contributed by atoms with Crippen LogP contribution in [-0.4, -0.2) is 42.7 Å². The molecular weight excluding hydrogens is 396 g/mol. The van der Waals surface area contributed by atoms with Gasteiger partial charge in [-0.1, -0.05) is 35.9 Å². The SMILES string of the molecule is CNC(=O)[C@@H](C)N(Cc1ccc(OC)cc1)C(=O)CSCc1ccc(Cl)cc1. The molecule has 0 spiro atoms. The Balaban J connectivity index is 2.02. The third kappa shape index (κ3) is 6.46. The number of nitrogens with one attached hydrogen (secondary N) is 1. The van der Waals surface area contributed by atoms with Gasteiger partial charge in [-0.3, -0.25) is 9.59 Å². The molecule has 0 fully saturated rings. The molecule has 0 aromatic heterocycles. The van der Waals surface area contributed by atoms with E-state index in [1.807, 2.05) is 48.5 Å². The lowest BCUT2D eigenvalue weighted by Gasteiger charge is -2.28. The van der Waals surface area contributed by atoms with Gasteiger partial charge < -0.3 is 15.0 Å². The van der Waals surface area contributed by atoms with Gasteiger partial charge in [0.25, 0.3) is 0 Å². The number of rotatable bonds is 9. The van der Waals surface area contributed by atoms with Crippen LogP contribution in [0.1, 0.15) is 18.1 Å². The first-order valence-electron chi connectivity index (χ1n) is 8.90. The minimum Gasteiger partial charge on any atom is -0.497 e. The first kappa shape index (κ1) is 22.1. The van der Waals surface area contributed by atoms with Gasteiger partial charge >= 0.3 is 0 Å². The number of halogens is 1. The standard InChI is InChI=1S/C21H25ClN2O3S/c1-15(21(26)23-2)24(12-16-6-10-19(27-3)11-7-16)20(25)14-28-13-17-4-8-18(22)9-5-17/h4-11,15H,12-14H2,1-3H3,(H,23,26)/t15-/m1/s1. The quantitative estimate of drug-likeness (QED) is 0.671. The summed E-state index contributed by atoms with van der Waals surface area (Å²) >= 11 is 7.41. The molecule has 1 atom stereocenters. The maximum atomic E-state index is 12.9. The number of hydrogen-bond donors (Lipinski definition) is 1. The molecule has 1 N–H and O–H groups in total. The summed E-state index contributed by atoms with van der Waals surface area (Å²) in [6.45, 7) is 2.10. The number of nitrogens with zero attached hydrogens (tertiary/aromatic N) is 1. The van der Waals surface area contributed by atoms with Crippen LogP contribution in [0.5, 0.6) is 5.75 Å². The highest BCUT2D eigenvalue weighted by Gasteiger charge is 2.25. The summed E-state index contributed by atoms with van der Waals surface area (Å²) in [5.41, 5.74) is 2.04. The van der Waals surface area contributed by atoms with Crippen LogP contribution in [0.3, 0.4) is 0 Å². The number of carbonyl (C=O) groups is 2. The lowest BCUT2D eigenvalue weighted by Crippen LogP contribution is -2.47. The maximum absolute atomic E-state index is 12.9. The van der Waals surface area contributed by atoms with Crippen molar-refractivity contribution in [3.05, 3.63) is 64.7 Å². The van der Waals surface area contributed by atoms with Crippen molar-refractivity contribution < 1.29 is 14.3 Å². The van der Waals surface area contributed by atoms with E-state index in [-0.39, 0.29) is 11.8 Å². The minimum atomic E-state index is -0.560. The Bertz CT molecular complexity index is 781. The van der Waals surface area contributed by atoms with Crippen molar-refractivity contribution >= 4 is 35.2 Å². The summed E-state index contributed by atoms with van der Waals surface area (Å²) in [5, 5.41) is 3.31. The lowest BCUT2D eigenvalue weighted by molar-refractivity contribution is -0.138. The molecule has 2 amide bonds. The smallest absolute Gasteiger partial charge is 0.242 e. The Kier molecular flexibility index (Phi) is 8.67. The largest absolute Gasteiger partial charge is 0.497 e. The van der Waals surface area contributed by atoms with Gasteiger partial charge in [-0.05, 0) is 42.3 Å². The van der Waals surface area contributed by atoms with E-state index in [4.69, 9.17) is 16.3 Å². The molecule has 150 valence electrons. The number of hydrogen-bond acceptors (Lipinski definition) is 4. The molecule has 0 heterocycles. The first-order valence-corrected chi connectivity index (χ1v) is 10.4. The van der Waals surface area contributed by atoms with Gasteiger partial charge in [0, 0.05) is 24.4 Å². The Morgan fingerprint density at radius 1 is 1.11 bits per heavy atom. The molecule has 28 heavy (non-hydrogen) atoms. The molecular formula is C21H25ClN2O3S. The van der Waals surface area contributed by atoms with Gasteiger partial charge in [-0.25, -0.2) is 0 Å². The molecule has 0 aliphatic heterocycles. The van der Waals surface area contributed by atoms with Crippen molar-refractivity contribution in [2.75, 3.05) is 19.9 Å². The molecule has 0 aliphatic rings. The summed E-state index contributed by atoms with van der Waals surface area (Å²) in [4.78, 5) is 26.6. The zero-order valence-corrected chi connectivity index (χ0v) is 17.8. The maximum Gasteiger partial charge on any atom is 0.242 e. The molecule has 0 aliphatic carbocycles. The molecule has 2 rings (SSSR count). The van der Waals surface area contributed by atoms with Gasteiger partial charge in [0.1, 0.15) is 11.8 Å². The average Bonchev–Trinajstić information content (AvgIpc) is 2.72. The number of methoxy groups -OCH3 is 1. The summed E-state index contributed by atoms with van der Waals surface area (Å²) in [6, 6.07) is 14.5. The highest BCUT2D eigenvalue weighted by molar-refractivity contribution is 7.99. The highest BCUT2D eigenvalue weighted by atomic mass is 35.5. The van der Waals surface area contributed by atoms with E-state index >= 15 is 0 Å². The van der Waals surface area contributed by atoms with E-state index in [1.165, 1.54) is 11.8 Å². The number of likely N-dealkylation sites (N-methyl/N-ethyl adjacent to an activating group) is 1. The number of ether oxygens (including phenoxy) is 1. The molecule has 7 heteroatoms. The molecule has 5 nitrogen and oxygen atoms in total. The van der Waals surface area contributed by atoms with Crippen LogP contribution in [-0.2, 0) is 21.9 Å². The summed E-state index contributed by atoms with van der Waals surface area (Å²) in [7, 11) is 3.18. The van der Waals surface area contributed by atoms with Crippen molar-refractivity contribution in [2.24, 2.45) is 0 Å². The minimum absolute atomic E-state index is 0.0779. The van der Waals surface area contributed by atoms with E-state index in [0.717, 1.165) is 16.9 Å². The van der Waals surface area contributed by atoms with E-state index in [9.17, 15) is 9.59 Å². The van der Waals surface area contributed by atoms with E-state index < -0.39 is 6.04 Å². The van der Waals surface area contributed by atoms with Crippen molar-refractivity contribution in [3.8, 4) is 5.75 Å². The van der Waals surface area contributed by atoms with E-state index in [2.05, 4.69) is 5.32 Å². The van der Waals surface area contributed by atoms with Crippen LogP contribution in [0.4, 0.5) is 0 Å². The van der Waals surface area contributed by atoms with Crippen LogP contribution in [0.25, 0.3) is 0 Å². The Morgan fingerprint density at radius 2 is 1.71 bits per heavy atom. The summed E-state index contributed by atoms with van der Waals surface area (Å²) < 4.78 is 5.17. The number of thioether (sulfide) groups is 1. The number of amides is 2. The fourth-order valence-corrected chi connectivity index (χ4v) is 3.64. The fraction of sp³-hybridized carbons (Fsp3) is 0.333. The van der Waals surface area contributed by atoms with E-state index in [1.54, 1.807) is 26.0 Å². The number of benzene rings is 2. The summed E-state index contributed by atoms with van der Waals surface area (Å²) in [5.74, 6) is 1.48. The van der Waals surface area contributed by atoms with Gasteiger partial charge in [0.15, 0.2) is 0 Å². The van der Waals surface area contributed by atoms with Gasteiger partial charge in [-0.2, -0.15) is 0 Å². The van der Waals surface area contributed by atoms with E-state index in [0.29, 0.717) is 23.1 Å². The lowest BCUT2D eigenvalue weighted by atomic mass is 10.1. The number of carbonyl (C=O) groups excluding carboxylic acids is 2. The second kappa shape index (κ2) is 11.0. The zero-order chi connectivity index (χ0) is 20.5. The third-order valence-corrected chi connectivity index (χ3v) is 5.57. The molecule has 0 saturated carbocycles. The predicted octanol–water partition coefficient (Wildman–Crippen LogP) is 3.75. The molecule has 2 aromatic carbocycles.